The van der Waals surface area contributed by atoms with E-state index in [2.05, 4.69) is 5.32 Å². The summed E-state index contributed by atoms with van der Waals surface area (Å²) < 4.78 is 13.2. The molecule has 0 unspecified atom stereocenters. The smallest absolute Gasteiger partial charge is 0.269 e. The summed E-state index contributed by atoms with van der Waals surface area (Å²) in [5, 5.41) is 13.3. The number of amides is 1. The molecule has 108 valence electrons. The summed E-state index contributed by atoms with van der Waals surface area (Å²) in [6, 6.07) is 7.54. The summed E-state index contributed by atoms with van der Waals surface area (Å²) in [6.07, 6.45) is 0. The molecule has 0 saturated heterocycles. The number of nitrogens with zero attached hydrogens (tertiary/aromatic N) is 1. The van der Waals surface area contributed by atoms with E-state index in [4.69, 9.17) is 11.6 Å². The van der Waals surface area contributed by atoms with Gasteiger partial charge in [-0.2, -0.15) is 0 Å². The highest BCUT2D eigenvalue weighted by atomic mass is 35.5. The van der Waals surface area contributed by atoms with E-state index < -0.39 is 16.6 Å². The lowest BCUT2D eigenvalue weighted by atomic mass is 10.1. The number of halogens is 2. The van der Waals surface area contributed by atoms with Crippen LogP contribution in [0.2, 0.25) is 5.02 Å². The lowest BCUT2D eigenvalue weighted by Crippen LogP contribution is -2.13. The standard InChI is InChI=1S/C14H10ClFN2O3/c1-8-4-12(18(20)21)2-3-13(8)14(19)17-11-6-9(15)5-10(16)7-11/h2-7H,1H3,(H,17,19). The van der Waals surface area contributed by atoms with Crippen LogP contribution in [0.3, 0.4) is 0 Å². The number of nitrogens with one attached hydrogen (secondary N) is 1. The molecular weight excluding hydrogens is 299 g/mol. The third-order valence-corrected chi connectivity index (χ3v) is 3.00. The van der Waals surface area contributed by atoms with Crippen LogP contribution < -0.4 is 5.32 Å². The number of carbonyl (C=O) groups excluding carboxylic acids is 1. The Hall–Kier alpha value is -2.47. The number of non-ortho nitro benzene ring substituents is 1. The molecule has 0 radical (unpaired) electrons. The van der Waals surface area contributed by atoms with Crippen LogP contribution in [0.15, 0.2) is 36.4 Å². The molecule has 1 N–H and O–H groups in total. The van der Waals surface area contributed by atoms with Gasteiger partial charge < -0.3 is 5.32 Å². The summed E-state index contributed by atoms with van der Waals surface area (Å²) in [5.41, 5.74) is 0.825. The first-order chi connectivity index (χ1) is 9.86. The zero-order valence-electron chi connectivity index (χ0n) is 10.9. The lowest BCUT2D eigenvalue weighted by Gasteiger charge is -2.08. The van der Waals surface area contributed by atoms with Gasteiger partial charge >= 0.3 is 0 Å². The molecular formula is C14H10ClFN2O3. The van der Waals surface area contributed by atoms with Gasteiger partial charge in [0.25, 0.3) is 11.6 Å². The van der Waals surface area contributed by atoms with Crippen molar-refractivity contribution < 1.29 is 14.1 Å². The molecule has 0 atom stereocenters. The lowest BCUT2D eigenvalue weighted by molar-refractivity contribution is -0.384. The zero-order valence-corrected chi connectivity index (χ0v) is 11.6. The molecule has 7 heteroatoms. The van der Waals surface area contributed by atoms with Crippen molar-refractivity contribution in [3.63, 3.8) is 0 Å². The van der Waals surface area contributed by atoms with Gasteiger partial charge in [0, 0.05) is 28.4 Å². The Morgan fingerprint density at radius 1 is 1.29 bits per heavy atom. The minimum absolute atomic E-state index is 0.0992. The van der Waals surface area contributed by atoms with Gasteiger partial charge in [0.1, 0.15) is 5.82 Å². The summed E-state index contributed by atoms with van der Waals surface area (Å²) in [4.78, 5) is 22.2. The van der Waals surface area contributed by atoms with Crippen LogP contribution in [0.5, 0.6) is 0 Å². The number of benzene rings is 2. The molecule has 0 aromatic heterocycles. The zero-order chi connectivity index (χ0) is 15.6. The van der Waals surface area contributed by atoms with Crippen molar-refractivity contribution in [3.8, 4) is 0 Å². The Kier molecular flexibility index (Phi) is 4.18. The predicted molar refractivity (Wildman–Crippen MR) is 77.2 cm³/mol. The third-order valence-electron chi connectivity index (χ3n) is 2.79. The van der Waals surface area contributed by atoms with E-state index in [1.165, 1.54) is 24.3 Å². The largest absolute Gasteiger partial charge is 0.322 e. The number of aryl methyl sites for hydroxylation is 1. The molecule has 21 heavy (non-hydrogen) atoms. The topological polar surface area (TPSA) is 72.2 Å². The Bertz CT molecular complexity index is 714. The van der Waals surface area contributed by atoms with E-state index in [1.807, 2.05) is 0 Å². The summed E-state index contributed by atoms with van der Waals surface area (Å²) in [7, 11) is 0. The second kappa shape index (κ2) is 5.88. The highest BCUT2D eigenvalue weighted by molar-refractivity contribution is 6.31. The van der Waals surface area contributed by atoms with E-state index in [1.54, 1.807) is 6.92 Å². The van der Waals surface area contributed by atoms with E-state index in [0.717, 1.165) is 12.1 Å². The molecule has 0 fully saturated rings. The fraction of sp³-hybridized carbons (Fsp3) is 0.0714. The predicted octanol–water partition coefficient (Wildman–Crippen LogP) is 3.95. The second-order valence-electron chi connectivity index (χ2n) is 4.37. The number of nitro groups is 1. The molecule has 1 amide bonds. The van der Waals surface area contributed by atoms with E-state index in [-0.39, 0.29) is 22.0 Å². The van der Waals surface area contributed by atoms with Gasteiger partial charge in [-0.25, -0.2) is 4.39 Å². The fourth-order valence-corrected chi connectivity index (χ4v) is 2.06. The monoisotopic (exact) mass is 308 g/mol. The highest BCUT2D eigenvalue weighted by Gasteiger charge is 2.14. The summed E-state index contributed by atoms with van der Waals surface area (Å²) >= 11 is 5.70. The van der Waals surface area contributed by atoms with Crippen LogP contribution in [-0.4, -0.2) is 10.8 Å². The average Bonchev–Trinajstić information content (AvgIpc) is 2.36. The molecule has 0 heterocycles. The molecule has 2 rings (SSSR count). The van der Waals surface area contributed by atoms with Gasteiger partial charge in [-0.15, -0.1) is 0 Å². The average molecular weight is 309 g/mol. The van der Waals surface area contributed by atoms with Crippen LogP contribution in [0.25, 0.3) is 0 Å². The first-order valence-corrected chi connectivity index (χ1v) is 6.27. The molecule has 0 bridgehead atoms. The van der Waals surface area contributed by atoms with Crippen molar-refractivity contribution in [3.05, 3.63) is 68.5 Å². The van der Waals surface area contributed by atoms with E-state index >= 15 is 0 Å². The van der Waals surface area contributed by atoms with Crippen LogP contribution in [0.4, 0.5) is 15.8 Å². The maximum absolute atomic E-state index is 13.2. The number of hydrogen-bond acceptors (Lipinski definition) is 3. The van der Waals surface area contributed by atoms with Crippen molar-refractivity contribution in [2.24, 2.45) is 0 Å². The highest BCUT2D eigenvalue weighted by Crippen LogP contribution is 2.21. The Balaban J connectivity index is 2.26. The third kappa shape index (κ3) is 3.55. The van der Waals surface area contributed by atoms with Crippen molar-refractivity contribution in [1.82, 2.24) is 0 Å². The number of anilines is 1. The van der Waals surface area contributed by atoms with Gasteiger partial charge in [-0.1, -0.05) is 11.6 Å². The fourth-order valence-electron chi connectivity index (χ4n) is 1.84. The Morgan fingerprint density at radius 3 is 2.57 bits per heavy atom. The molecule has 5 nitrogen and oxygen atoms in total. The normalized spacial score (nSPS) is 10.2. The maximum Gasteiger partial charge on any atom is 0.269 e. The van der Waals surface area contributed by atoms with Gasteiger partial charge in [-0.3, -0.25) is 14.9 Å². The summed E-state index contributed by atoms with van der Waals surface area (Å²) in [5.74, 6) is -1.07. The molecule has 0 saturated carbocycles. The van der Waals surface area contributed by atoms with Gasteiger partial charge in [-0.05, 0) is 36.8 Å². The SMILES string of the molecule is Cc1cc([N+](=O)[O-])ccc1C(=O)Nc1cc(F)cc(Cl)c1. The first kappa shape index (κ1) is 14.9. The molecule has 0 spiro atoms. The minimum atomic E-state index is -0.571. The number of nitro benzene ring substituents is 1. The Morgan fingerprint density at radius 2 is 2.00 bits per heavy atom. The van der Waals surface area contributed by atoms with Crippen LogP contribution >= 0.6 is 11.6 Å². The minimum Gasteiger partial charge on any atom is -0.322 e. The van der Waals surface area contributed by atoms with Gasteiger partial charge in [0.2, 0.25) is 0 Å². The molecule has 0 aliphatic rings. The van der Waals surface area contributed by atoms with Crippen molar-refractivity contribution in [2.45, 2.75) is 6.92 Å². The number of hydrogen-bond donors (Lipinski definition) is 1. The van der Waals surface area contributed by atoms with E-state index in [9.17, 15) is 19.3 Å². The van der Waals surface area contributed by atoms with Crippen molar-refractivity contribution >= 4 is 28.9 Å². The van der Waals surface area contributed by atoms with Gasteiger partial charge in [0.05, 0.1) is 4.92 Å². The van der Waals surface area contributed by atoms with E-state index in [0.29, 0.717) is 5.56 Å². The number of carbonyl (C=O) groups is 1. The van der Waals surface area contributed by atoms with Gasteiger partial charge in [0.15, 0.2) is 0 Å². The van der Waals surface area contributed by atoms with Crippen LogP contribution in [0, 0.1) is 22.9 Å². The van der Waals surface area contributed by atoms with Crippen LogP contribution in [-0.2, 0) is 0 Å². The van der Waals surface area contributed by atoms with Crippen molar-refractivity contribution in [2.75, 3.05) is 5.32 Å². The van der Waals surface area contributed by atoms with Crippen molar-refractivity contribution in [1.29, 1.82) is 0 Å². The first-order valence-electron chi connectivity index (χ1n) is 5.89. The second-order valence-corrected chi connectivity index (χ2v) is 4.81. The van der Waals surface area contributed by atoms with Crippen LogP contribution in [0.1, 0.15) is 15.9 Å². The molecule has 2 aromatic carbocycles. The Labute approximate surface area is 124 Å². The number of rotatable bonds is 3. The molecule has 0 aliphatic carbocycles. The molecule has 0 aliphatic heterocycles. The summed E-state index contributed by atoms with van der Waals surface area (Å²) in [6.45, 7) is 1.58. The maximum atomic E-state index is 13.2. The molecule has 2 aromatic rings. The quantitative estimate of drug-likeness (QED) is 0.689.